The van der Waals surface area contributed by atoms with Crippen molar-refractivity contribution in [3.8, 4) is 0 Å². The number of hydrogen-bond acceptors (Lipinski definition) is 6. The Morgan fingerprint density at radius 1 is 0.744 bits per heavy atom. The first-order valence-electron chi connectivity index (χ1n) is 14.9. The molecule has 0 aliphatic carbocycles. The lowest BCUT2D eigenvalue weighted by Crippen LogP contribution is -2.22. The van der Waals surface area contributed by atoms with Crippen LogP contribution in [0.3, 0.4) is 0 Å². The van der Waals surface area contributed by atoms with Gasteiger partial charge in [-0.15, -0.1) is 0 Å². The molecule has 0 spiro atoms. The Morgan fingerprint density at radius 2 is 1.23 bits per heavy atom. The van der Waals surface area contributed by atoms with Crippen LogP contribution in [-0.2, 0) is 28.6 Å². The normalized spacial score (nSPS) is 11.0. The summed E-state index contributed by atoms with van der Waals surface area (Å²) in [6.07, 6.45) is 14.4. The van der Waals surface area contributed by atoms with E-state index in [1.807, 2.05) is 34.6 Å². The molecule has 6 nitrogen and oxygen atoms in total. The highest BCUT2D eigenvalue weighted by atomic mass is 16.6. The molecule has 0 fully saturated rings. The summed E-state index contributed by atoms with van der Waals surface area (Å²) in [5.74, 6) is -0.320. The van der Waals surface area contributed by atoms with Crippen LogP contribution in [0, 0.1) is 5.92 Å². The van der Waals surface area contributed by atoms with Crippen molar-refractivity contribution in [2.45, 2.75) is 138 Å². The van der Waals surface area contributed by atoms with Gasteiger partial charge in [0, 0.05) is 17.2 Å². The summed E-state index contributed by atoms with van der Waals surface area (Å²) in [5.41, 5.74) is 0.743. The van der Waals surface area contributed by atoms with E-state index < -0.39 is 5.60 Å². The third kappa shape index (κ3) is 30.0. The van der Waals surface area contributed by atoms with Crippen LogP contribution >= 0.6 is 0 Å². The standard InChI is InChI=1S/2C13H24O2.C7H12O2/c1-5-8-9-12(7-3)10-15-13(14)11(4)6-2;1-4-6-7-8-9-10-11-15-13(14)12(3)5-2;1-5-6(8)9-7(2,3)4/h12H,4-10H2,1-3H3;3-11H2,1-2H3;5H,1H2,2-4H3. The molecule has 0 saturated carbocycles. The lowest BCUT2D eigenvalue weighted by atomic mass is 10.0. The van der Waals surface area contributed by atoms with E-state index in [1.54, 1.807) is 0 Å². The zero-order valence-corrected chi connectivity index (χ0v) is 26.6. The van der Waals surface area contributed by atoms with Crippen molar-refractivity contribution >= 4 is 17.9 Å². The molecule has 0 aliphatic rings. The topological polar surface area (TPSA) is 78.9 Å². The molecular weight excluding hydrogens is 492 g/mol. The summed E-state index contributed by atoms with van der Waals surface area (Å²) in [5, 5.41) is 0. The van der Waals surface area contributed by atoms with Gasteiger partial charge in [0.15, 0.2) is 0 Å². The van der Waals surface area contributed by atoms with Crippen molar-refractivity contribution in [2.24, 2.45) is 5.92 Å². The fourth-order valence-corrected chi connectivity index (χ4v) is 2.98. The predicted molar refractivity (Wildman–Crippen MR) is 164 cm³/mol. The minimum Gasteiger partial charge on any atom is -0.462 e. The Morgan fingerprint density at radius 3 is 1.64 bits per heavy atom. The summed E-state index contributed by atoms with van der Waals surface area (Å²) in [6.45, 7) is 27.5. The van der Waals surface area contributed by atoms with Crippen LogP contribution in [0.25, 0.3) is 0 Å². The van der Waals surface area contributed by atoms with Gasteiger partial charge in [0.2, 0.25) is 0 Å². The van der Waals surface area contributed by atoms with Gasteiger partial charge in [-0.3, -0.25) is 0 Å². The second kappa shape index (κ2) is 27.2. The van der Waals surface area contributed by atoms with E-state index in [0.717, 1.165) is 31.8 Å². The quantitative estimate of drug-likeness (QED) is 0.0730. The van der Waals surface area contributed by atoms with Crippen molar-refractivity contribution in [3.05, 3.63) is 37.0 Å². The average Bonchev–Trinajstić information content (AvgIpc) is 2.91. The highest BCUT2D eigenvalue weighted by Crippen LogP contribution is 2.14. The number of carbonyl (C=O) groups excluding carboxylic acids is 3. The van der Waals surface area contributed by atoms with Crippen LogP contribution in [0.4, 0.5) is 0 Å². The fraction of sp³-hybridized carbons (Fsp3) is 0.727. The molecule has 1 unspecified atom stereocenters. The zero-order chi connectivity index (χ0) is 30.7. The molecule has 0 radical (unpaired) electrons. The maximum Gasteiger partial charge on any atom is 0.333 e. The third-order valence-electron chi connectivity index (χ3n) is 5.73. The van der Waals surface area contributed by atoms with Gasteiger partial charge in [0.1, 0.15) is 5.60 Å². The van der Waals surface area contributed by atoms with Crippen LogP contribution < -0.4 is 0 Å². The lowest BCUT2D eigenvalue weighted by molar-refractivity contribution is -0.148. The summed E-state index contributed by atoms with van der Waals surface area (Å²) < 4.78 is 15.1. The largest absolute Gasteiger partial charge is 0.462 e. The van der Waals surface area contributed by atoms with E-state index in [2.05, 4.69) is 40.5 Å². The van der Waals surface area contributed by atoms with Gasteiger partial charge in [0.05, 0.1) is 13.2 Å². The maximum atomic E-state index is 11.3. The van der Waals surface area contributed by atoms with Crippen molar-refractivity contribution in [3.63, 3.8) is 0 Å². The Balaban J connectivity index is -0.000000516. The van der Waals surface area contributed by atoms with Crippen LogP contribution in [0.1, 0.15) is 132 Å². The minimum atomic E-state index is -0.398. The van der Waals surface area contributed by atoms with E-state index >= 15 is 0 Å². The van der Waals surface area contributed by atoms with Gasteiger partial charge in [-0.05, 0) is 52.4 Å². The third-order valence-corrected chi connectivity index (χ3v) is 5.73. The number of hydrogen-bond donors (Lipinski definition) is 0. The Bertz CT molecular complexity index is 687. The average molecular weight is 553 g/mol. The van der Waals surface area contributed by atoms with E-state index in [9.17, 15) is 14.4 Å². The molecule has 0 N–H and O–H groups in total. The molecular formula is C33H60O6. The highest BCUT2D eigenvalue weighted by molar-refractivity contribution is 5.87. The first-order valence-corrected chi connectivity index (χ1v) is 14.9. The summed E-state index contributed by atoms with van der Waals surface area (Å²) in [6, 6.07) is 0. The Kier molecular flexibility index (Phi) is 28.7. The van der Waals surface area contributed by atoms with Crippen molar-refractivity contribution in [2.75, 3.05) is 13.2 Å². The molecule has 0 aromatic carbocycles. The number of ether oxygens (including phenoxy) is 3. The van der Waals surface area contributed by atoms with Gasteiger partial charge < -0.3 is 14.2 Å². The van der Waals surface area contributed by atoms with Gasteiger partial charge in [0.25, 0.3) is 0 Å². The van der Waals surface area contributed by atoms with Crippen molar-refractivity contribution in [1.82, 2.24) is 0 Å². The SMILES string of the molecule is C=C(CC)C(=O)OCC(CC)CCCC.C=C(CC)C(=O)OCCCCCCCC.C=CC(=O)OC(C)(C)C. The minimum absolute atomic E-state index is 0.229. The summed E-state index contributed by atoms with van der Waals surface area (Å²) in [4.78, 5) is 33.0. The van der Waals surface area contributed by atoms with E-state index in [4.69, 9.17) is 14.2 Å². The highest BCUT2D eigenvalue weighted by Gasteiger charge is 2.13. The first kappa shape index (κ1) is 41.1. The number of rotatable bonds is 18. The van der Waals surface area contributed by atoms with E-state index in [1.165, 1.54) is 38.5 Å². The molecule has 0 aromatic rings. The fourth-order valence-electron chi connectivity index (χ4n) is 2.98. The molecule has 0 rings (SSSR count). The molecule has 39 heavy (non-hydrogen) atoms. The van der Waals surface area contributed by atoms with Gasteiger partial charge in [-0.2, -0.15) is 0 Å². The summed E-state index contributed by atoms with van der Waals surface area (Å²) >= 11 is 0. The second-order valence-corrected chi connectivity index (χ2v) is 10.6. The number of carbonyl (C=O) groups is 3. The van der Waals surface area contributed by atoms with Crippen LogP contribution in [0.15, 0.2) is 37.0 Å². The Hall–Kier alpha value is -2.37. The summed E-state index contributed by atoms with van der Waals surface area (Å²) in [7, 11) is 0. The molecule has 0 saturated heterocycles. The molecule has 1 atom stereocenters. The molecule has 0 amide bonds. The molecule has 228 valence electrons. The maximum absolute atomic E-state index is 11.3. The van der Waals surface area contributed by atoms with Crippen LogP contribution in [0.5, 0.6) is 0 Å². The lowest BCUT2D eigenvalue weighted by Gasteiger charge is -2.17. The van der Waals surface area contributed by atoms with Crippen molar-refractivity contribution < 1.29 is 28.6 Å². The Labute approximate surface area is 240 Å². The second-order valence-electron chi connectivity index (χ2n) is 10.6. The molecule has 0 aliphatic heterocycles. The van der Waals surface area contributed by atoms with Crippen LogP contribution in [0.2, 0.25) is 0 Å². The first-order chi connectivity index (χ1) is 18.3. The molecule has 0 aromatic heterocycles. The van der Waals surface area contributed by atoms with Gasteiger partial charge >= 0.3 is 17.9 Å². The van der Waals surface area contributed by atoms with E-state index in [-0.39, 0.29) is 17.9 Å². The molecule has 0 heterocycles. The van der Waals surface area contributed by atoms with Crippen LogP contribution in [-0.4, -0.2) is 36.7 Å². The molecule has 6 heteroatoms. The monoisotopic (exact) mass is 552 g/mol. The smallest absolute Gasteiger partial charge is 0.333 e. The van der Waals surface area contributed by atoms with Gasteiger partial charge in [-0.1, -0.05) is 106 Å². The predicted octanol–water partition coefficient (Wildman–Crippen LogP) is 9.08. The number of unbranched alkanes of at least 4 members (excludes halogenated alkanes) is 6. The van der Waals surface area contributed by atoms with Gasteiger partial charge in [-0.25, -0.2) is 14.4 Å². The zero-order valence-electron chi connectivity index (χ0n) is 26.6. The number of esters is 3. The van der Waals surface area contributed by atoms with Crippen molar-refractivity contribution in [1.29, 1.82) is 0 Å². The molecule has 0 bridgehead atoms. The van der Waals surface area contributed by atoms with E-state index in [0.29, 0.717) is 43.1 Å².